The number of rotatable bonds is 5. The van der Waals surface area contributed by atoms with E-state index < -0.39 is 0 Å². The number of nitrogens with one attached hydrogen (secondary N) is 1. The number of hydrogen-bond acceptors (Lipinski definition) is 4. The number of thiazole rings is 1. The number of benzene rings is 1. The maximum Gasteiger partial charge on any atom is 0.219 e. The Morgan fingerprint density at radius 2 is 2.30 bits per heavy atom. The van der Waals surface area contributed by atoms with Gasteiger partial charge < -0.3 is 10.2 Å². The quantitative estimate of drug-likeness (QED) is 0.918. The SMILES string of the molecule is CC(=O)N(C)Cc1cccc(NC(C)c2cscn2)c1. The highest BCUT2D eigenvalue weighted by molar-refractivity contribution is 7.07. The molecule has 0 spiro atoms. The van der Waals surface area contributed by atoms with E-state index in [2.05, 4.69) is 23.3 Å². The van der Waals surface area contributed by atoms with Crippen molar-refractivity contribution < 1.29 is 4.79 Å². The molecule has 0 aliphatic heterocycles. The largest absolute Gasteiger partial charge is 0.377 e. The molecule has 2 rings (SSSR count). The average Bonchev–Trinajstić information content (AvgIpc) is 2.92. The van der Waals surface area contributed by atoms with Crippen LogP contribution < -0.4 is 5.32 Å². The Labute approximate surface area is 123 Å². The lowest BCUT2D eigenvalue weighted by molar-refractivity contribution is -0.128. The van der Waals surface area contributed by atoms with Gasteiger partial charge in [-0.05, 0) is 24.6 Å². The second-order valence-corrected chi connectivity index (χ2v) is 5.57. The summed E-state index contributed by atoms with van der Waals surface area (Å²) in [5, 5.41) is 5.47. The molecule has 5 heteroatoms. The lowest BCUT2D eigenvalue weighted by atomic mass is 10.1. The standard InChI is InChI=1S/C15H19N3OS/c1-11(15-9-20-10-16-15)17-14-6-4-5-13(7-14)8-18(3)12(2)19/h4-7,9-11,17H,8H2,1-3H3. The van der Waals surface area contributed by atoms with Gasteiger partial charge in [0.2, 0.25) is 5.91 Å². The molecule has 106 valence electrons. The minimum absolute atomic E-state index is 0.0687. The van der Waals surface area contributed by atoms with Gasteiger partial charge in [0.15, 0.2) is 0 Å². The number of anilines is 1. The van der Waals surface area contributed by atoms with Crippen LogP contribution in [0.25, 0.3) is 0 Å². The van der Waals surface area contributed by atoms with Crippen molar-refractivity contribution in [2.75, 3.05) is 12.4 Å². The van der Waals surface area contributed by atoms with Gasteiger partial charge in [0.05, 0.1) is 17.2 Å². The molecule has 0 saturated carbocycles. The van der Waals surface area contributed by atoms with Crippen molar-refractivity contribution in [3.8, 4) is 0 Å². The lowest BCUT2D eigenvalue weighted by Crippen LogP contribution is -2.23. The fourth-order valence-electron chi connectivity index (χ4n) is 1.90. The Bertz CT molecular complexity index is 568. The van der Waals surface area contributed by atoms with Crippen LogP contribution in [-0.2, 0) is 11.3 Å². The van der Waals surface area contributed by atoms with Crippen LogP contribution in [0.4, 0.5) is 5.69 Å². The van der Waals surface area contributed by atoms with Crippen LogP contribution >= 0.6 is 11.3 Å². The van der Waals surface area contributed by atoms with Crippen LogP contribution in [0.15, 0.2) is 35.2 Å². The molecular formula is C15H19N3OS. The molecule has 1 N–H and O–H groups in total. The number of carbonyl (C=O) groups excluding carboxylic acids is 1. The van der Waals surface area contributed by atoms with Gasteiger partial charge in [0.25, 0.3) is 0 Å². The molecule has 20 heavy (non-hydrogen) atoms. The first-order valence-corrected chi connectivity index (χ1v) is 7.46. The van der Waals surface area contributed by atoms with Gasteiger partial charge in [-0.3, -0.25) is 4.79 Å². The van der Waals surface area contributed by atoms with Gasteiger partial charge in [-0.1, -0.05) is 12.1 Å². The monoisotopic (exact) mass is 289 g/mol. The first-order chi connectivity index (χ1) is 9.56. The smallest absolute Gasteiger partial charge is 0.219 e. The Morgan fingerprint density at radius 3 is 2.95 bits per heavy atom. The van der Waals surface area contributed by atoms with Crippen LogP contribution in [0, 0.1) is 0 Å². The third kappa shape index (κ3) is 3.81. The Morgan fingerprint density at radius 1 is 1.50 bits per heavy atom. The predicted octanol–water partition coefficient (Wildman–Crippen LogP) is 3.29. The Hall–Kier alpha value is -1.88. The molecule has 1 atom stereocenters. The van der Waals surface area contributed by atoms with Gasteiger partial charge in [0, 0.05) is 31.6 Å². The first-order valence-electron chi connectivity index (χ1n) is 6.51. The zero-order chi connectivity index (χ0) is 14.5. The maximum atomic E-state index is 11.3. The molecular weight excluding hydrogens is 270 g/mol. The number of amides is 1. The highest BCUT2D eigenvalue weighted by Crippen LogP contribution is 2.20. The van der Waals surface area contributed by atoms with Crippen molar-refractivity contribution in [3.63, 3.8) is 0 Å². The summed E-state index contributed by atoms with van der Waals surface area (Å²) in [6, 6.07) is 8.29. The van der Waals surface area contributed by atoms with Crippen LogP contribution in [0.2, 0.25) is 0 Å². The van der Waals surface area contributed by atoms with E-state index in [4.69, 9.17) is 0 Å². The maximum absolute atomic E-state index is 11.3. The van der Waals surface area contributed by atoms with E-state index in [1.54, 1.807) is 30.2 Å². The Balaban J connectivity index is 2.04. The molecule has 0 fully saturated rings. The number of aromatic nitrogens is 1. The minimum Gasteiger partial charge on any atom is -0.377 e. The normalized spacial score (nSPS) is 11.9. The predicted molar refractivity (Wildman–Crippen MR) is 82.7 cm³/mol. The van der Waals surface area contributed by atoms with Gasteiger partial charge in [-0.25, -0.2) is 4.98 Å². The van der Waals surface area contributed by atoms with E-state index in [0.29, 0.717) is 6.54 Å². The molecule has 4 nitrogen and oxygen atoms in total. The summed E-state index contributed by atoms with van der Waals surface area (Å²) in [5.74, 6) is 0.0687. The third-order valence-corrected chi connectivity index (χ3v) is 3.77. The first kappa shape index (κ1) is 14.5. The number of hydrogen-bond donors (Lipinski definition) is 1. The molecule has 1 heterocycles. The molecule has 0 bridgehead atoms. The molecule has 0 aliphatic carbocycles. The Kier molecular flexibility index (Phi) is 4.74. The van der Waals surface area contributed by atoms with Crippen molar-refractivity contribution in [3.05, 3.63) is 46.4 Å². The second kappa shape index (κ2) is 6.52. The molecule has 1 amide bonds. The van der Waals surface area contributed by atoms with E-state index in [1.807, 2.05) is 29.1 Å². The molecule has 1 unspecified atom stereocenters. The topological polar surface area (TPSA) is 45.2 Å². The van der Waals surface area contributed by atoms with E-state index in [-0.39, 0.29) is 11.9 Å². The van der Waals surface area contributed by atoms with E-state index >= 15 is 0 Å². The fraction of sp³-hybridized carbons (Fsp3) is 0.333. The third-order valence-electron chi connectivity index (χ3n) is 3.16. The van der Waals surface area contributed by atoms with Crippen LogP contribution in [0.3, 0.4) is 0 Å². The summed E-state index contributed by atoms with van der Waals surface area (Å²) in [6.45, 7) is 4.28. The van der Waals surface area contributed by atoms with Gasteiger partial charge in [0.1, 0.15) is 0 Å². The number of nitrogens with zero attached hydrogens (tertiary/aromatic N) is 2. The molecule has 0 aliphatic rings. The average molecular weight is 289 g/mol. The van der Waals surface area contributed by atoms with E-state index in [9.17, 15) is 4.79 Å². The summed E-state index contributed by atoms with van der Waals surface area (Å²) in [7, 11) is 1.81. The summed E-state index contributed by atoms with van der Waals surface area (Å²) in [4.78, 5) is 17.3. The summed E-state index contributed by atoms with van der Waals surface area (Å²) in [5.41, 5.74) is 5.03. The minimum atomic E-state index is 0.0687. The van der Waals surface area contributed by atoms with Crippen molar-refractivity contribution in [2.45, 2.75) is 26.4 Å². The molecule has 1 aromatic carbocycles. The van der Waals surface area contributed by atoms with E-state index in [1.165, 1.54) is 0 Å². The zero-order valence-electron chi connectivity index (χ0n) is 12.0. The van der Waals surface area contributed by atoms with Crippen molar-refractivity contribution >= 4 is 22.9 Å². The molecule has 0 radical (unpaired) electrons. The van der Waals surface area contributed by atoms with Crippen molar-refractivity contribution in [1.82, 2.24) is 9.88 Å². The van der Waals surface area contributed by atoms with Gasteiger partial charge >= 0.3 is 0 Å². The van der Waals surface area contributed by atoms with Crippen molar-refractivity contribution in [1.29, 1.82) is 0 Å². The van der Waals surface area contributed by atoms with Gasteiger partial charge in [-0.15, -0.1) is 11.3 Å². The fourth-order valence-corrected chi connectivity index (χ4v) is 2.55. The summed E-state index contributed by atoms with van der Waals surface area (Å²) < 4.78 is 0. The highest BCUT2D eigenvalue weighted by Gasteiger charge is 2.08. The highest BCUT2D eigenvalue weighted by atomic mass is 32.1. The van der Waals surface area contributed by atoms with Crippen LogP contribution in [0.5, 0.6) is 0 Å². The zero-order valence-corrected chi connectivity index (χ0v) is 12.8. The van der Waals surface area contributed by atoms with Gasteiger partial charge in [-0.2, -0.15) is 0 Å². The number of carbonyl (C=O) groups is 1. The van der Waals surface area contributed by atoms with Crippen molar-refractivity contribution in [2.24, 2.45) is 0 Å². The second-order valence-electron chi connectivity index (χ2n) is 4.85. The summed E-state index contributed by atoms with van der Waals surface area (Å²) >= 11 is 1.60. The van der Waals surface area contributed by atoms with Crippen LogP contribution in [0.1, 0.15) is 31.1 Å². The summed E-state index contributed by atoms with van der Waals surface area (Å²) in [6.07, 6.45) is 0. The molecule has 2 aromatic rings. The molecule has 0 saturated heterocycles. The van der Waals surface area contributed by atoms with E-state index in [0.717, 1.165) is 16.9 Å². The van der Waals surface area contributed by atoms with Crippen LogP contribution in [-0.4, -0.2) is 22.8 Å². The molecule has 1 aromatic heterocycles. The lowest BCUT2D eigenvalue weighted by Gasteiger charge is -2.17.